The second-order valence-electron chi connectivity index (χ2n) is 4.93. The zero-order valence-corrected chi connectivity index (χ0v) is 13.1. The molecule has 112 valence electrons. The van der Waals surface area contributed by atoms with Crippen LogP contribution in [-0.4, -0.2) is 17.1 Å². The van der Waals surface area contributed by atoms with E-state index < -0.39 is 5.25 Å². The van der Waals surface area contributed by atoms with Crippen LogP contribution < -0.4 is 10.6 Å². The summed E-state index contributed by atoms with van der Waals surface area (Å²) in [6.45, 7) is 0. The normalized spacial score (nSPS) is 18.0. The topological polar surface area (TPSA) is 63.4 Å². The van der Waals surface area contributed by atoms with Crippen molar-refractivity contribution in [2.75, 3.05) is 10.6 Å². The summed E-state index contributed by atoms with van der Waals surface area (Å²) in [5.74, 6) is -0.409. The average molecular weight is 333 g/mol. The van der Waals surface area contributed by atoms with Crippen LogP contribution in [0.25, 0.3) is 0 Å². The number of hydrogen-bond donors (Lipinski definition) is 1. The highest BCUT2D eigenvalue weighted by Crippen LogP contribution is 2.34. The number of nitrogens with zero attached hydrogens (tertiary/aromatic N) is 1. The molecule has 2 aromatic carbocycles. The van der Waals surface area contributed by atoms with Gasteiger partial charge in [-0.05, 0) is 42.5 Å². The van der Waals surface area contributed by atoms with Gasteiger partial charge in [0.1, 0.15) is 0 Å². The van der Waals surface area contributed by atoms with Crippen LogP contribution in [0.4, 0.5) is 11.4 Å². The number of nitrogen functional groups attached to an aromatic ring is 1. The van der Waals surface area contributed by atoms with Crippen LogP contribution in [0.2, 0.25) is 5.02 Å². The third-order valence-corrected chi connectivity index (χ3v) is 4.76. The Bertz CT molecular complexity index is 733. The lowest BCUT2D eigenvalue weighted by Gasteiger charge is -2.15. The molecule has 0 aromatic heterocycles. The van der Waals surface area contributed by atoms with E-state index in [-0.39, 0.29) is 18.2 Å². The number of imide groups is 1. The van der Waals surface area contributed by atoms with Gasteiger partial charge in [-0.1, -0.05) is 17.7 Å². The van der Waals surface area contributed by atoms with Gasteiger partial charge in [0.2, 0.25) is 11.8 Å². The molecule has 0 saturated carbocycles. The number of carbonyl (C=O) groups excluding carboxylic acids is 2. The van der Waals surface area contributed by atoms with E-state index in [1.807, 2.05) is 12.1 Å². The fourth-order valence-corrected chi connectivity index (χ4v) is 3.56. The zero-order chi connectivity index (χ0) is 15.7. The summed E-state index contributed by atoms with van der Waals surface area (Å²) in [5.41, 5.74) is 6.93. The maximum atomic E-state index is 12.5. The zero-order valence-electron chi connectivity index (χ0n) is 11.5. The molecule has 4 nitrogen and oxygen atoms in total. The first kappa shape index (κ1) is 14.9. The summed E-state index contributed by atoms with van der Waals surface area (Å²) in [6, 6.07) is 14.0. The summed E-state index contributed by atoms with van der Waals surface area (Å²) in [4.78, 5) is 26.8. The SMILES string of the molecule is Nc1cccc(SC2CC(=O)N(c3ccc(Cl)cc3)C2=O)c1. The molecule has 2 aromatic rings. The average Bonchev–Trinajstić information content (AvgIpc) is 2.75. The minimum atomic E-state index is -0.426. The van der Waals surface area contributed by atoms with Crippen LogP contribution in [0, 0.1) is 0 Å². The van der Waals surface area contributed by atoms with Gasteiger partial charge in [0, 0.05) is 22.0 Å². The van der Waals surface area contributed by atoms with Crippen molar-refractivity contribution < 1.29 is 9.59 Å². The van der Waals surface area contributed by atoms with Crippen molar-refractivity contribution in [1.82, 2.24) is 0 Å². The number of rotatable bonds is 3. The molecule has 2 N–H and O–H groups in total. The van der Waals surface area contributed by atoms with E-state index >= 15 is 0 Å². The first-order valence-electron chi connectivity index (χ1n) is 6.69. The molecule has 1 heterocycles. The molecule has 1 unspecified atom stereocenters. The van der Waals surface area contributed by atoms with Gasteiger partial charge in [-0.3, -0.25) is 9.59 Å². The quantitative estimate of drug-likeness (QED) is 0.691. The minimum Gasteiger partial charge on any atom is -0.399 e. The molecule has 1 fully saturated rings. The lowest BCUT2D eigenvalue weighted by Crippen LogP contribution is -2.31. The monoisotopic (exact) mass is 332 g/mol. The van der Waals surface area contributed by atoms with Crippen molar-refractivity contribution in [3.05, 3.63) is 53.6 Å². The Morgan fingerprint density at radius 3 is 2.55 bits per heavy atom. The van der Waals surface area contributed by atoms with Crippen LogP contribution >= 0.6 is 23.4 Å². The predicted molar refractivity (Wildman–Crippen MR) is 89.1 cm³/mol. The molecule has 3 rings (SSSR count). The van der Waals surface area contributed by atoms with Crippen molar-refractivity contribution >= 4 is 46.6 Å². The van der Waals surface area contributed by atoms with E-state index in [0.29, 0.717) is 16.4 Å². The molecule has 0 aliphatic carbocycles. The molecule has 1 atom stereocenters. The van der Waals surface area contributed by atoms with E-state index in [4.69, 9.17) is 17.3 Å². The van der Waals surface area contributed by atoms with E-state index in [1.54, 1.807) is 36.4 Å². The Hall–Kier alpha value is -1.98. The maximum absolute atomic E-state index is 12.5. The summed E-state index contributed by atoms with van der Waals surface area (Å²) in [7, 11) is 0. The summed E-state index contributed by atoms with van der Waals surface area (Å²) < 4.78 is 0. The second kappa shape index (κ2) is 6.02. The molecule has 0 radical (unpaired) electrons. The Morgan fingerprint density at radius 2 is 1.86 bits per heavy atom. The molecule has 1 saturated heterocycles. The summed E-state index contributed by atoms with van der Waals surface area (Å²) >= 11 is 7.20. The summed E-state index contributed by atoms with van der Waals surface area (Å²) in [5, 5.41) is 0.138. The van der Waals surface area contributed by atoms with E-state index in [0.717, 1.165) is 4.90 Å². The second-order valence-corrected chi connectivity index (χ2v) is 6.64. The number of thioether (sulfide) groups is 1. The predicted octanol–water partition coefficient (Wildman–Crippen LogP) is 3.35. The molecule has 2 amide bonds. The lowest BCUT2D eigenvalue weighted by molar-refractivity contribution is -0.121. The van der Waals surface area contributed by atoms with Crippen molar-refractivity contribution in [3.8, 4) is 0 Å². The Labute approximate surface area is 137 Å². The van der Waals surface area contributed by atoms with Crippen LogP contribution in [0.1, 0.15) is 6.42 Å². The molecule has 22 heavy (non-hydrogen) atoms. The number of halogens is 1. The fourth-order valence-electron chi connectivity index (χ4n) is 2.31. The highest BCUT2D eigenvalue weighted by Gasteiger charge is 2.40. The molecular formula is C16H13ClN2O2S. The van der Waals surface area contributed by atoms with Crippen molar-refractivity contribution in [3.63, 3.8) is 0 Å². The Balaban J connectivity index is 1.81. The highest BCUT2D eigenvalue weighted by molar-refractivity contribution is 8.00. The first-order chi connectivity index (χ1) is 10.5. The molecular weight excluding hydrogens is 320 g/mol. The Kier molecular flexibility index (Phi) is 4.09. The molecule has 1 aliphatic heterocycles. The van der Waals surface area contributed by atoms with E-state index in [2.05, 4.69) is 0 Å². The van der Waals surface area contributed by atoms with Gasteiger partial charge in [0.05, 0.1) is 10.9 Å². The highest BCUT2D eigenvalue weighted by atomic mass is 35.5. The number of anilines is 2. The number of nitrogens with two attached hydrogens (primary N) is 1. The third-order valence-electron chi connectivity index (χ3n) is 3.33. The van der Waals surface area contributed by atoms with E-state index in [9.17, 15) is 9.59 Å². The number of hydrogen-bond acceptors (Lipinski definition) is 4. The summed E-state index contributed by atoms with van der Waals surface area (Å²) in [6.07, 6.45) is 0.181. The van der Waals surface area contributed by atoms with Gasteiger partial charge < -0.3 is 5.73 Å². The first-order valence-corrected chi connectivity index (χ1v) is 7.95. The number of amides is 2. The molecule has 6 heteroatoms. The van der Waals surface area contributed by atoms with Gasteiger partial charge >= 0.3 is 0 Å². The van der Waals surface area contributed by atoms with Crippen molar-refractivity contribution in [1.29, 1.82) is 0 Å². The number of benzene rings is 2. The van der Waals surface area contributed by atoms with Crippen LogP contribution in [0.5, 0.6) is 0 Å². The lowest BCUT2D eigenvalue weighted by atomic mass is 10.3. The van der Waals surface area contributed by atoms with Crippen LogP contribution in [0.15, 0.2) is 53.4 Å². The van der Waals surface area contributed by atoms with Gasteiger partial charge in [0.15, 0.2) is 0 Å². The van der Waals surface area contributed by atoms with Gasteiger partial charge in [0.25, 0.3) is 0 Å². The van der Waals surface area contributed by atoms with E-state index in [1.165, 1.54) is 16.7 Å². The smallest absolute Gasteiger partial charge is 0.247 e. The van der Waals surface area contributed by atoms with Crippen molar-refractivity contribution in [2.24, 2.45) is 0 Å². The molecule has 1 aliphatic rings. The fraction of sp³-hybridized carbons (Fsp3) is 0.125. The Morgan fingerprint density at radius 1 is 1.14 bits per heavy atom. The maximum Gasteiger partial charge on any atom is 0.247 e. The van der Waals surface area contributed by atoms with Crippen molar-refractivity contribution in [2.45, 2.75) is 16.6 Å². The largest absolute Gasteiger partial charge is 0.399 e. The van der Waals surface area contributed by atoms with Crippen LogP contribution in [0.3, 0.4) is 0 Å². The van der Waals surface area contributed by atoms with Gasteiger partial charge in [-0.15, -0.1) is 11.8 Å². The standard InChI is InChI=1S/C16H13ClN2O2S/c17-10-4-6-12(7-5-10)19-15(20)9-14(16(19)21)22-13-3-1-2-11(18)8-13/h1-8,14H,9,18H2. The molecule has 0 spiro atoms. The van der Waals surface area contributed by atoms with Gasteiger partial charge in [-0.2, -0.15) is 0 Å². The third kappa shape index (κ3) is 2.96. The van der Waals surface area contributed by atoms with Gasteiger partial charge in [-0.25, -0.2) is 4.90 Å². The molecule has 0 bridgehead atoms. The minimum absolute atomic E-state index is 0.181. The number of carbonyl (C=O) groups is 2. The van der Waals surface area contributed by atoms with Crippen LogP contribution in [-0.2, 0) is 9.59 Å².